The smallest absolute Gasteiger partial charge is 0.191 e. The fourth-order valence-electron chi connectivity index (χ4n) is 3.91. The average molecular weight is 540 g/mol. The molecule has 0 aliphatic heterocycles. The standard InChI is InChI=1S/C24H37N5O.HI/c1-2-25-24(28-17-19-30-22-12-8-3-4-9-13-22)27-15-14-23-26-16-18-29(23)20-21-10-6-5-7-11-21;/h5-7,10-11,16,18,22H,2-4,8-9,12-15,17,19-20H2,1H3,(H2,25,27,28);1H. The summed E-state index contributed by atoms with van der Waals surface area (Å²) in [6, 6.07) is 10.5. The summed E-state index contributed by atoms with van der Waals surface area (Å²) in [5.74, 6) is 1.93. The van der Waals surface area contributed by atoms with Crippen LogP contribution in [0.2, 0.25) is 0 Å². The van der Waals surface area contributed by atoms with E-state index in [0.717, 1.165) is 37.8 Å². The topological polar surface area (TPSA) is 63.5 Å². The molecule has 3 rings (SSSR count). The normalized spacial score (nSPS) is 15.2. The Bertz CT molecular complexity index is 741. The zero-order valence-corrected chi connectivity index (χ0v) is 21.1. The summed E-state index contributed by atoms with van der Waals surface area (Å²) >= 11 is 0. The SMILES string of the molecule is CCNC(=NCCOC1CCCCCC1)NCCc1nccn1Cc1ccccc1.I. The molecule has 31 heavy (non-hydrogen) atoms. The Labute approximate surface area is 204 Å². The van der Waals surface area contributed by atoms with E-state index in [9.17, 15) is 0 Å². The Hall–Kier alpha value is -1.61. The zero-order chi connectivity index (χ0) is 20.9. The summed E-state index contributed by atoms with van der Waals surface area (Å²) in [5, 5.41) is 6.75. The number of nitrogens with one attached hydrogen (secondary N) is 2. The summed E-state index contributed by atoms with van der Waals surface area (Å²) in [6.45, 7) is 5.96. The minimum Gasteiger partial charge on any atom is -0.376 e. The lowest BCUT2D eigenvalue weighted by molar-refractivity contribution is 0.0487. The number of hydrogen-bond acceptors (Lipinski definition) is 3. The zero-order valence-electron chi connectivity index (χ0n) is 18.8. The first kappa shape index (κ1) is 25.6. The van der Waals surface area contributed by atoms with Gasteiger partial charge in [0, 0.05) is 38.4 Å². The van der Waals surface area contributed by atoms with Crippen LogP contribution in [0, 0.1) is 0 Å². The van der Waals surface area contributed by atoms with Gasteiger partial charge >= 0.3 is 0 Å². The van der Waals surface area contributed by atoms with Crippen LogP contribution in [-0.2, 0) is 17.7 Å². The molecule has 2 N–H and O–H groups in total. The lowest BCUT2D eigenvalue weighted by atomic mass is 10.1. The van der Waals surface area contributed by atoms with Gasteiger partial charge in [0.25, 0.3) is 0 Å². The van der Waals surface area contributed by atoms with Crippen molar-refractivity contribution >= 4 is 29.9 Å². The fraction of sp³-hybridized carbons (Fsp3) is 0.583. The number of ether oxygens (including phenoxy) is 1. The maximum absolute atomic E-state index is 6.05. The molecule has 0 bridgehead atoms. The van der Waals surface area contributed by atoms with Gasteiger partial charge in [-0.3, -0.25) is 4.99 Å². The molecule has 6 nitrogen and oxygen atoms in total. The van der Waals surface area contributed by atoms with E-state index < -0.39 is 0 Å². The highest BCUT2D eigenvalue weighted by molar-refractivity contribution is 14.0. The number of benzene rings is 1. The molecule has 1 aromatic carbocycles. The number of aromatic nitrogens is 2. The van der Waals surface area contributed by atoms with E-state index in [2.05, 4.69) is 56.4 Å². The highest BCUT2D eigenvalue weighted by Gasteiger charge is 2.12. The minimum absolute atomic E-state index is 0. The number of hydrogen-bond donors (Lipinski definition) is 2. The molecule has 1 aromatic heterocycles. The highest BCUT2D eigenvalue weighted by Crippen LogP contribution is 2.19. The van der Waals surface area contributed by atoms with Crippen LogP contribution in [0.15, 0.2) is 47.7 Å². The van der Waals surface area contributed by atoms with Crippen molar-refractivity contribution in [1.82, 2.24) is 20.2 Å². The van der Waals surface area contributed by atoms with Crippen molar-refractivity contribution in [3.63, 3.8) is 0 Å². The number of aliphatic imine (C=N–C) groups is 1. The lowest BCUT2D eigenvalue weighted by Gasteiger charge is -2.15. The molecule has 0 unspecified atom stereocenters. The third-order valence-electron chi connectivity index (χ3n) is 5.50. The van der Waals surface area contributed by atoms with Gasteiger partial charge in [-0.2, -0.15) is 0 Å². The molecule has 1 fully saturated rings. The molecule has 1 heterocycles. The molecule has 0 radical (unpaired) electrons. The first-order chi connectivity index (χ1) is 14.8. The van der Waals surface area contributed by atoms with Crippen molar-refractivity contribution in [2.45, 2.75) is 64.5 Å². The van der Waals surface area contributed by atoms with Crippen molar-refractivity contribution < 1.29 is 4.74 Å². The van der Waals surface area contributed by atoms with Gasteiger partial charge in [0.15, 0.2) is 5.96 Å². The molecule has 1 aliphatic rings. The number of halogens is 1. The van der Waals surface area contributed by atoms with Gasteiger partial charge in [-0.25, -0.2) is 4.98 Å². The number of guanidine groups is 1. The van der Waals surface area contributed by atoms with Crippen molar-refractivity contribution in [2.24, 2.45) is 4.99 Å². The fourth-order valence-corrected chi connectivity index (χ4v) is 3.91. The quantitative estimate of drug-likeness (QED) is 0.155. The van der Waals surface area contributed by atoms with Crippen LogP contribution < -0.4 is 10.6 Å². The van der Waals surface area contributed by atoms with Crippen molar-refractivity contribution in [3.05, 3.63) is 54.1 Å². The molecule has 0 spiro atoms. The van der Waals surface area contributed by atoms with Crippen LogP contribution in [0.25, 0.3) is 0 Å². The average Bonchev–Trinajstić information content (AvgIpc) is 3.03. The molecule has 1 aliphatic carbocycles. The Morgan fingerprint density at radius 1 is 1.13 bits per heavy atom. The molecule has 0 saturated heterocycles. The van der Waals surface area contributed by atoms with E-state index in [-0.39, 0.29) is 24.0 Å². The van der Waals surface area contributed by atoms with Crippen LogP contribution in [0.1, 0.15) is 56.8 Å². The number of rotatable bonds is 10. The number of imidazole rings is 1. The summed E-state index contributed by atoms with van der Waals surface area (Å²) in [5.41, 5.74) is 1.29. The Morgan fingerprint density at radius 3 is 2.65 bits per heavy atom. The highest BCUT2D eigenvalue weighted by atomic mass is 127. The molecule has 7 heteroatoms. The lowest BCUT2D eigenvalue weighted by Crippen LogP contribution is -2.38. The monoisotopic (exact) mass is 539 g/mol. The second-order valence-electron chi connectivity index (χ2n) is 7.88. The van der Waals surface area contributed by atoms with E-state index in [0.29, 0.717) is 19.3 Å². The van der Waals surface area contributed by atoms with Crippen LogP contribution >= 0.6 is 24.0 Å². The van der Waals surface area contributed by atoms with Crippen molar-refractivity contribution in [1.29, 1.82) is 0 Å². The molecule has 0 amide bonds. The largest absolute Gasteiger partial charge is 0.376 e. The molecule has 2 aromatic rings. The van der Waals surface area contributed by atoms with Crippen LogP contribution in [0.3, 0.4) is 0 Å². The molecular formula is C24H38IN5O. The van der Waals surface area contributed by atoms with Crippen molar-refractivity contribution in [3.8, 4) is 0 Å². The van der Waals surface area contributed by atoms with Gasteiger partial charge in [0.2, 0.25) is 0 Å². The predicted molar refractivity (Wildman–Crippen MR) is 138 cm³/mol. The van der Waals surface area contributed by atoms with Gasteiger partial charge in [-0.05, 0) is 25.3 Å². The summed E-state index contributed by atoms with van der Waals surface area (Å²) in [6.07, 6.45) is 12.9. The third kappa shape index (κ3) is 9.60. The van der Waals surface area contributed by atoms with Crippen LogP contribution in [-0.4, -0.2) is 47.9 Å². The van der Waals surface area contributed by atoms with Crippen LogP contribution in [0.5, 0.6) is 0 Å². The van der Waals surface area contributed by atoms with E-state index in [4.69, 9.17) is 4.74 Å². The molecule has 0 atom stereocenters. The van der Waals surface area contributed by atoms with Gasteiger partial charge in [0.1, 0.15) is 5.82 Å². The maximum Gasteiger partial charge on any atom is 0.191 e. The first-order valence-electron chi connectivity index (χ1n) is 11.5. The summed E-state index contributed by atoms with van der Waals surface area (Å²) in [4.78, 5) is 9.21. The first-order valence-corrected chi connectivity index (χ1v) is 11.5. The summed E-state index contributed by atoms with van der Waals surface area (Å²) < 4.78 is 8.26. The maximum atomic E-state index is 6.05. The Balaban J connectivity index is 0.00000341. The third-order valence-corrected chi connectivity index (χ3v) is 5.50. The van der Waals surface area contributed by atoms with Gasteiger partial charge in [-0.15, -0.1) is 24.0 Å². The number of nitrogens with zero attached hydrogens (tertiary/aromatic N) is 3. The second-order valence-corrected chi connectivity index (χ2v) is 7.88. The van der Waals surface area contributed by atoms with E-state index in [1.165, 1.54) is 44.1 Å². The van der Waals surface area contributed by atoms with E-state index >= 15 is 0 Å². The Morgan fingerprint density at radius 2 is 1.90 bits per heavy atom. The minimum atomic E-state index is 0. The van der Waals surface area contributed by atoms with Gasteiger partial charge < -0.3 is 19.9 Å². The predicted octanol–water partition coefficient (Wildman–Crippen LogP) is 4.39. The van der Waals surface area contributed by atoms with E-state index in [1.54, 1.807) is 0 Å². The molecule has 172 valence electrons. The summed E-state index contributed by atoms with van der Waals surface area (Å²) in [7, 11) is 0. The molecule has 1 saturated carbocycles. The van der Waals surface area contributed by atoms with Crippen molar-refractivity contribution in [2.75, 3.05) is 26.2 Å². The van der Waals surface area contributed by atoms with Gasteiger partial charge in [0.05, 0.1) is 19.3 Å². The van der Waals surface area contributed by atoms with E-state index in [1.807, 2.05) is 18.5 Å². The Kier molecular flexibility index (Phi) is 12.6. The second kappa shape index (κ2) is 15.2. The van der Waals surface area contributed by atoms with Gasteiger partial charge in [-0.1, -0.05) is 56.0 Å². The molecular weight excluding hydrogens is 501 g/mol. The van der Waals surface area contributed by atoms with Crippen LogP contribution in [0.4, 0.5) is 0 Å².